The summed E-state index contributed by atoms with van der Waals surface area (Å²) in [7, 11) is 5.79. The lowest BCUT2D eigenvalue weighted by atomic mass is 9.99. The minimum atomic E-state index is -0.598. The number of amides is 2. The normalized spacial score (nSPS) is 14.3. The lowest BCUT2D eigenvalue weighted by Gasteiger charge is -2.34. The van der Waals surface area contributed by atoms with Crippen LogP contribution in [0.2, 0.25) is 0 Å². The molecule has 7 nitrogen and oxygen atoms in total. The number of Topliss-reactive ketones (excluding diaryl/α,β-unsaturated/α-hetero) is 1. The molecule has 28 heavy (non-hydrogen) atoms. The predicted octanol–water partition coefficient (Wildman–Crippen LogP) is 0.524. The Morgan fingerprint density at radius 2 is 1.64 bits per heavy atom. The minimum Gasteiger partial charge on any atom is -0.360 e. The van der Waals surface area contributed by atoms with Crippen LogP contribution in [0.3, 0.4) is 0 Å². The molecule has 2 aromatic heterocycles. The van der Waals surface area contributed by atoms with Crippen LogP contribution in [-0.4, -0.2) is 71.4 Å². The summed E-state index contributed by atoms with van der Waals surface area (Å²) in [6.07, 6.45) is 2.98. The zero-order valence-corrected chi connectivity index (χ0v) is 15.1. The fourth-order valence-corrected chi connectivity index (χ4v) is 3.40. The lowest BCUT2D eigenvalue weighted by Crippen LogP contribution is -2.52. The van der Waals surface area contributed by atoms with Crippen molar-refractivity contribution in [3.8, 4) is 0 Å². The average Bonchev–Trinajstić information content (AvgIpc) is 3.18. The van der Waals surface area contributed by atoms with E-state index < -0.39 is 11.7 Å². The Morgan fingerprint density at radius 3 is 2.36 bits per heavy atom. The molecule has 0 spiro atoms. The van der Waals surface area contributed by atoms with E-state index in [1.54, 1.807) is 23.1 Å². The summed E-state index contributed by atoms with van der Waals surface area (Å²) in [6, 6.07) is 10.7. The number of benzene rings is 1. The molecule has 3 aromatic rings. The van der Waals surface area contributed by atoms with E-state index in [9.17, 15) is 14.4 Å². The first-order valence-electron chi connectivity index (χ1n) is 8.96. The van der Waals surface area contributed by atoms with Gasteiger partial charge in [0.2, 0.25) is 0 Å². The van der Waals surface area contributed by atoms with Gasteiger partial charge in [0.15, 0.2) is 0 Å². The first-order chi connectivity index (χ1) is 13.6. The van der Waals surface area contributed by atoms with E-state index in [2.05, 4.69) is 9.97 Å². The van der Waals surface area contributed by atoms with Gasteiger partial charge in [0.05, 0.1) is 11.1 Å². The highest BCUT2D eigenvalue weighted by atomic mass is 16.2. The topological polar surface area (TPSA) is 86.4 Å². The van der Waals surface area contributed by atoms with Gasteiger partial charge >= 0.3 is 0 Å². The largest absolute Gasteiger partial charge is 0.360 e. The number of fused-ring (bicyclic) bond motifs is 1. The molecule has 0 unspecified atom stereocenters. The number of piperazine rings is 1. The second-order valence-corrected chi connectivity index (χ2v) is 6.60. The summed E-state index contributed by atoms with van der Waals surface area (Å²) in [4.78, 5) is 48.0. The molecule has 1 aliphatic rings. The summed E-state index contributed by atoms with van der Waals surface area (Å²) in [5, 5.41) is 0.573. The van der Waals surface area contributed by atoms with Gasteiger partial charge in [-0.05, 0) is 18.2 Å². The van der Waals surface area contributed by atoms with Crippen LogP contribution in [0.15, 0.2) is 48.8 Å². The van der Waals surface area contributed by atoms with Crippen molar-refractivity contribution in [2.24, 2.45) is 0 Å². The first-order valence-corrected chi connectivity index (χ1v) is 8.96. The van der Waals surface area contributed by atoms with Crippen molar-refractivity contribution in [3.05, 3.63) is 59.9 Å². The van der Waals surface area contributed by atoms with Crippen molar-refractivity contribution in [3.63, 3.8) is 0 Å². The SMILES string of the molecule is [B]c1nccc2c(C(=O)C(=O)N3CCN(C(=O)c4ccccc4)CC3)c[nH]c12. The number of aromatic amines is 1. The molecule has 2 amide bonds. The van der Waals surface area contributed by atoms with Crippen LogP contribution in [0.25, 0.3) is 10.9 Å². The molecule has 0 atom stereocenters. The maximum atomic E-state index is 12.7. The van der Waals surface area contributed by atoms with Gasteiger partial charge in [-0.25, -0.2) is 0 Å². The van der Waals surface area contributed by atoms with Gasteiger partial charge in [0, 0.05) is 55.1 Å². The van der Waals surface area contributed by atoms with Crippen molar-refractivity contribution in [2.75, 3.05) is 26.2 Å². The van der Waals surface area contributed by atoms with Gasteiger partial charge in [-0.3, -0.25) is 19.4 Å². The van der Waals surface area contributed by atoms with Crippen LogP contribution in [0.4, 0.5) is 0 Å². The van der Waals surface area contributed by atoms with Crippen LogP contribution in [-0.2, 0) is 4.79 Å². The number of pyridine rings is 1. The van der Waals surface area contributed by atoms with Crippen molar-refractivity contribution in [1.29, 1.82) is 0 Å². The average molecular weight is 372 g/mol. The van der Waals surface area contributed by atoms with E-state index in [0.29, 0.717) is 42.6 Å². The number of H-pyrrole nitrogens is 1. The third kappa shape index (κ3) is 3.17. The van der Waals surface area contributed by atoms with Crippen LogP contribution in [0.1, 0.15) is 20.7 Å². The molecule has 0 bridgehead atoms. The van der Waals surface area contributed by atoms with E-state index in [1.165, 1.54) is 17.3 Å². The monoisotopic (exact) mass is 372 g/mol. The van der Waals surface area contributed by atoms with Crippen molar-refractivity contribution < 1.29 is 14.4 Å². The highest BCUT2D eigenvalue weighted by Gasteiger charge is 2.30. The molecule has 3 heterocycles. The summed E-state index contributed by atoms with van der Waals surface area (Å²) in [5.74, 6) is -1.25. The number of hydrogen-bond donors (Lipinski definition) is 1. The molecule has 4 rings (SSSR count). The molecule has 1 aliphatic heterocycles. The molecule has 0 aliphatic carbocycles. The van der Waals surface area contributed by atoms with Crippen molar-refractivity contribution >= 4 is 41.9 Å². The number of carbonyl (C=O) groups is 3. The molecule has 1 saturated heterocycles. The maximum Gasteiger partial charge on any atom is 0.295 e. The summed E-state index contributed by atoms with van der Waals surface area (Å²) >= 11 is 0. The van der Waals surface area contributed by atoms with Gasteiger partial charge in [-0.15, -0.1) is 0 Å². The number of nitrogens with zero attached hydrogens (tertiary/aromatic N) is 3. The second kappa shape index (κ2) is 7.30. The van der Waals surface area contributed by atoms with Crippen LogP contribution in [0.5, 0.6) is 0 Å². The molecule has 1 fully saturated rings. The third-order valence-electron chi connectivity index (χ3n) is 4.95. The smallest absolute Gasteiger partial charge is 0.295 e. The number of hydrogen-bond acceptors (Lipinski definition) is 4. The third-order valence-corrected chi connectivity index (χ3v) is 4.95. The van der Waals surface area contributed by atoms with Gasteiger partial charge in [0.25, 0.3) is 17.6 Å². The van der Waals surface area contributed by atoms with Crippen LogP contribution in [0, 0.1) is 0 Å². The summed E-state index contributed by atoms with van der Waals surface area (Å²) in [6.45, 7) is 1.40. The number of rotatable bonds is 3. The van der Waals surface area contributed by atoms with Gasteiger partial charge < -0.3 is 14.8 Å². The number of ketones is 1. The van der Waals surface area contributed by atoms with Gasteiger partial charge in [-0.1, -0.05) is 18.2 Å². The minimum absolute atomic E-state index is 0.0707. The highest BCUT2D eigenvalue weighted by Crippen LogP contribution is 2.17. The van der Waals surface area contributed by atoms with E-state index >= 15 is 0 Å². The van der Waals surface area contributed by atoms with Gasteiger partial charge in [-0.2, -0.15) is 0 Å². The highest BCUT2D eigenvalue weighted by molar-refractivity contribution is 6.46. The fourth-order valence-electron chi connectivity index (χ4n) is 3.40. The molecule has 1 N–H and O–H groups in total. The Bertz CT molecular complexity index is 1060. The Hall–Kier alpha value is -3.42. The Kier molecular flexibility index (Phi) is 4.69. The first kappa shape index (κ1) is 18.0. The zero-order valence-electron chi connectivity index (χ0n) is 15.1. The van der Waals surface area contributed by atoms with E-state index in [4.69, 9.17) is 7.85 Å². The fraction of sp³-hybridized carbons (Fsp3) is 0.200. The van der Waals surface area contributed by atoms with Crippen molar-refractivity contribution in [2.45, 2.75) is 0 Å². The second-order valence-electron chi connectivity index (χ2n) is 6.60. The Balaban J connectivity index is 1.44. The van der Waals surface area contributed by atoms with Crippen LogP contribution < -0.4 is 5.59 Å². The molecule has 138 valence electrons. The van der Waals surface area contributed by atoms with E-state index in [-0.39, 0.29) is 17.1 Å². The van der Waals surface area contributed by atoms with Crippen LogP contribution >= 0.6 is 0 Å². The standard InChI is InChI=1S/C20H17BN4O3/c21-18-16-14(6-7-22-18)15(12-23-16)17(26)20(28)25-10-8-24(9-11-25)19(27)13-4-2-1-3-5-13/h1-7,12,23H,8-11H2. The van der Waals surface area contributed by atoms with Gasteiger partial charge in [0.1, 0.15) is 7.85 Å². The number of nitrogens with one attached hydrogen (secondary N) is 1. The quantitative estimate of drug-likeness (QED) is 0.413. The lowest BCUT2D eigenvalue weighted by molar-refractivity contribution is -0.127. The molecule has 8 heteroatoms. The van der Waals surface area contributed by atoms with E-state index in [1.807, 2.05) is 18.2 Å². The molecular formula is C20H17BN4O3. The van der Waals surface area contributed by atoms with Crippen molar-refractivity contribution in [1.82, 2.24) is 19.8 Å². The molecular weight excluding hydrogens is 355 g/mol. The Morgan fingerprint density at radius 1 is 0.964 bits per heavy atom. The summed E-state index contributed by atoms with van der Waals surface area (Å²) < 4.78 is 0. The number of aromatic nitrogens is 2. The number of carbonyl (C=O) groups excluding carboxylic acids is 3. The predicted molar refractivity (Wildman–Crippen MR) is 105 cm³/mol. The Labute approximate surface area is 162 Å². The van der Waals surface area contributed by atoms with E-state index in [0.717, 1.165) is 0 Å². The molecule has 0 saturated carbocycles. The molecule has 2 radical (unpaired) electrons. The maximum absolute atomic E-state index is 12.7. The molecule has 1 aromatic carbocycles. The summed E-state index contributed by atoms with van der Waals surface area (Å²) in [5.41, 5.74) is 1.70. The zero-order chi connectivity index (χ0) is 19.7.